The number of nitro groups is 1. The number of aromatic nitrogens is 3. The van der Waals surface area contributed by atoms with Gasteiger partial charge in [0.15, 0.2) is 5.82 Å². The zero-order chi connectivity index (χ0) is 22.6. The summed E-state index contributed by atoms with van der Waals surface area (Å²) in [4.78, 5) is 35.2. The minimum atomic E-state index is -0.746. The Labute approximate surface area is 180 Å². The van der Waals surface area contributed by atoms with Crippen LogP contribution in [0.1, 0.15) is 20.8 Å². The number of anilines is 1. The fourth-order valence-electron chi connectivity index (χ4n) is 2.41. The Hall–Kier alpha value is -3.67. The largest absolute Gasteiger partial charge is 0.472 e. The molecule has 31 heavy (non-hydrogen) atoms. The average Bonchev–Trinajstić information content (AvgIpc) is 3.35. The first-order chi connectivity index (χ1) is 14.6. The molecule has 2 aromatic heterocycles. The fourth-order valence-corrected chi connectivity index (χ4v) is 3.13. The van der Waals surface area contributed by atoms with Crippen LogP contribution in [0.3, 0.4) is 0 Å². The van der Waals surface area contributed by atoms with Crippen LogP contribution in [0.2, 0.25) is 0 Å². The van der Waals surface area contributed by atoms with Gasteiger partial charge >= 0.3 is 6.09 Å². The van der Waals surface area contributed by atoms with Gasteiger partial charge in [0.25, 0.3) is 5.69 Å². The van der Waals surface area contributed by atoms with E-state index in [4.69, 9.17) is 9.15 Å². The predicted molar refractivity (Wildman–Crippen MR) is 112 cm³/mol. The Morgan fingerprint density at radius 2 is 1.94 bits per heavy atom. The van der Waals surface area contributed by atoms with Crippen LogP contribution >= 0.6 is 11.8 Å². The van der Waals surface area contributed by atoms with E-state index in [-0.39, 0.29) is 28.3 Å². The molecule has 0 radical (unpaired) electrons. The molecule has 0 fully saturated rings. The molecule has 0 unspecified atom stereocenters. The van der Waals surface area contributed by atoms with Gasteiger partial charge < -0.3 is 14.5 Å². The Bertz CT molecular complexity index is 1090. The van der Waals surface area contributed by atoms with Crippen molar-refractivity contribution in [2.75, 3.05) is 11.1 Å². The van der Waals surface area contributed by atoms with Gasteiger partial charge in [0.2, 0.25) is 11.1 Å². The summed E-state index contributed by atoms with van der Waals surface area (Å²) in [6, 6.07) is 7.07. The Kier molecular flexibility index (Phi) is 6.39. The molecule has 12 heteroatoms. The number of benzene rings is 1. The molecule has 11 nitrogen and oxygen atoms in total. The highest BCUT2D eigenvalue weighted by molar-refractivity contribution is 7.99. The number of non-ortho nitro benzene ring substituents is 1. The molecule has 0 saturated carbocycles. The lowest BCUT2D eigenvalue weighted by molar-refractivity contribution is -0.384. The van der Waals surface area contributed by atoms with Gasteiger partial charge in [0.1, 0.15) is 11.9 Å². The van der Waals surface area contributed by atoms with Gasteiger partial charge in [-0.2, -0.15) is 0 Å². The van der Waals surface area contributed by atoms with Crippen molar-refractivity contribution in [3.05, 3.63) is 53.0 Å². The van der Waals surface area contributed by atoms with E-state index >= 15 is 0 Å². The monoisotopic (exact) mass is 445 g/mol. The second-order valence-corrected chi connectivity index (χ2v) is 8.22. The summed E-state index contributed by atoms with van der Waals surface area (Å²) >= 11 is 0.993. The Morgan fingerprint density at radius 3 is 2.52 bits per heavy atom. The zero-order valence-corrected chi connectivity index (χ0v) is 17.7. The third-order valence-corrected chi connectivity index (χ3v) is 4.61. The lowest BCUT2D eigenvalue weighted by Gasteiger charge is -2.20. The van der Waals surface area contributed by atoms with E-state index in [9.17, 15) is 19.7 Å². The topological polar surface area (TPSA) is 142 Å². The molecule has 0 spiro atoms. The first kappa shape index (κ1) is 22.0. The summed E-state index contributed by atoms with van der Waals surface area (Å²) in [7, 11) is 0. The molecule has 0 saturated heterocycles. The number of nitrogens with one attached hydrogen (secondary N) is 1. The van der Waals surface area contributed by atoms with Crippen LogP contribution in [-0.4, -0.2) is 43.0 Å². The maximum absolute atomic E-state index is 12.7. The first-order valence-electron chi connectivity index (χ1n) is 9.02. The van der Waals surface area contributed by atoms with Crippen molar-refractivity contribution in [2.45, 2.75) is 31.5 Å². The van der Waals surface area contributed by atoms with E-state index in [0.717, 1.165) is 11.8 Å². The molecule has 162 valence electrons. The summed E-state index contributed by atoms with van der Waals surface area (Å²) in [5.41, 5.74) is 0.110. The van der Waals surface area contributed by atoms with Gasteiger partial charge in [0.05, 0.1) is 22.5 Å². The zero-order valence-electron chi connectivity index (χ0n) is 16.9. The van der Waals surface area contributed by atoms with Gasteiger partial charge in [-0.05, 0) is 39.0 Å². The number of nitro benzene ring substituents is 1. The van der Waals surface area contributed by atoms with Gasteiger partial charge in [-0.15, -0.1) is 10.2 Å². The molecule has 3 aromatic rings. The molecule has 0 bridgehead atoms. The van der Waals surface area contributed by atoms with E-state index < -0.39 is 16.6 Å². The van der Waals surface area contributed by atoms with Gasteiger partial charge in [-0.1, -0.05) is 11.8 Å². The number of amides is 1. The lowest BCUT2D eigenvalue weighted by atomic mass is 10.2. The first-order valence-corrected chi connectivity index (χ1v) is 10.0. The molecule has 0 atom stereocenters. The molecule has 3 rings (SSSR count). The smallest absolute Gasteiger partial charge is 0.422 e. The number of carbonyl (C=O) groups excluding carboxylic acids is 2. The molecule has 1 N–H and O–H groups in total. The second-order valence-electron chi connectivity index (χ2n) is 7.27. The lowest BCUT2D eigenvalue weighted by Crippen LogP contribution is -2.28. The Balaban J connectivity index is 1.74. The normalized spacial score (nSPS) is 11.2. The molecular formula is C19H19N5O6S. The maximum Gasteiger partial charge on any atom is 0.422 e. The number of ether oxygens (including phenoxy) is 1. The quantitative estimate of drug-likeness (QED) is 0.339. The predicted octanol–water partition coefficient (Wildman–Crippen LogP) is 3.96. The minimum absolute atomic E-state index is 0.0791. The molecule has 0 aliphatic carbocycles. The number of furan rings is 1. The van der Waals surface area contributed by atoms with Crippen molar-refractivity contribution in [1.82, 2.24) is 14.8 Å². The van der Waals surface area contributed by atoms with Crippen LogP contribution < -0.4 is 5.32 Å². The van der Waals surface area contributed by atoms with Crippen LogP contribution in [0, 0.1) is 10.1 Å². The molecular weight excluding hydrogens is 426 g/mol. The van der Waals surface area contributed by atoms with Crippen molar-refractivity contribution in [2.24, 2.45) is 0 Å². The minimum Gasteiger partial charge on any atom is -0.472 e. The van der Waals surface area contributed by atoms with E-state index in [2.05, 4.69) is 15.5 Å². The summed E-state index contributed by atoms with van der Waals surface area (Å²) < 4.78 is 11.7. The molecule has 1 amide bonds. The fraction of sp³-hybridized carbons (Fsp3) is 0.263. The maximum atomic E-state index is 12.7. The van der Waals surface area contributed by atoms with Crippen molar-refractivity contribution in [1.29, 1.82) is 0 Å². The van der Waals surface area contributed by atoms with Crippen molar-refractivity contribution in [3.63, 3.8) is 0 Å². The molecule has 0 aliphatic heterocycles. The van der Waals surface area contributed by atoms with Crippen molar-refractivity contribution < 1.29 is 23.7 Å². The summed E-state index contributed by atoms with van der Waals surface area (Å²) in [5, 5.41) is 21.6. The second kappa shape index (κ2) is 9.00. The average molecular weight is 445 g/mol. The van der Waals surface area contributed by atoms with Crippen molar-refractivity contribution >= 4 is 35.1 Å². The number of thioether (sulfide) groups is 1. The number of carbonyl (C=O) groups is 2. The number of nitrogens with zero attached hydrogens (tertiary/aromatic N) is 4. The molecule has 0 aliphatic rings. The van der Waals surface area contributed by atoms with Crippen LogP contribution in [0.25, 0.3) is 11.4 Å². The van der Waals surface area contributed by atoms with Gasteiger partial charge in [0, 0.05) is 17.8 Å². The molecule has 2 heterocycles. The van der Waals surface area contributed by atoms with Crippen LogP contribution in [-0.2, 0) is 9.53 Å². The van der Waals surface area contributed by atoms with Gasteiger partial charge in [-0.3, -0.25) is 14.9 Å². The van der Waals surface area contributed by atoms with Crippen LogP contribution in [0.5, 0.6) is 0 Å². The van der Waals surface area contributed by atoms with E-state index in [1.165, 1.54) is 41.4 Å². The number of hydrogen-bond acceptors (Lipinski definition) is 9. The van der Waals surface area contributed by atoms with Gasteiger partial charge in [-0.25, -0.2) is 9.36 Å². The summed E-state index contributed by atoms with van der Waals surface area (Å²) in [5.74, 6) is -0.243. The highest BCUT2D eigenvalue weighted by Gasteiger charge is 2.26. The highest BCUT2D eigenvalue weighted by Crippen LogP contribution is 2.26. The summed E-state index contributed by atoms with van der Waals surface area (Å²) in [6.45, 7) is 5.20. The third kappa shape index (κ3) is 5.69. The SMILES string of the molecule is CC(C)(C)OC(=O)n1c(SCC(=O)Nc2ccc([N+](=O)[O-])cc2)nnc1-c1ccoc1. The van der Waals surface area contributed by atoms with E-state index in [1.807, 2.05) is 0 Å². The third-order valence-electron chi connectivity index (χ3n) is 3.68. The highest BCUT2D eigenvalue weighted by atomic mass is 32.2. The van der Waals surface area contributed by atoms with E-state index in [0.29, 0.717) is 11.3 Å². The van der Waals surface area contributed by atoms with Crippen molar-refractivity contribution in [3.8, 4) is 11.4 Å². The van der Waals surface area contributed by atoms with E-state index in [1.54, 1.807) is 26.8 Å². The number of hydrogen-bond donors (Lipinski definition) is 1. The van der Waals surface area contributed by atoms with Crippen LogP contribution in [0.4, 0.5) is 16.2 Å². The molecule has 1 aromatic carbocycles. The summed E-state index contributed by atoms with van der Waals surface area (Å²) in [6.07, 6.45) is 2.17. The standard InChI is InChI=1S/C19H19N5O6S/c1-19(2,3)30-18(26)23-16(12-8-9-29-10-12)21-22-17(23)31-11-15(25)20-13-4-6-14(7-5-13)24(27)28/h4-10H,11H2,1-3H3,(H,20,25). The number of rotatable bonds is 6. The van der Waals surface area contributed by atoms with Crippen LogP contribution in [0.15, 0.2) is 52.4 Å². The Morgan fingerprint density at radius 1 is 1.23 bits per heavy atom.